The molecular weight excluding hydrogens is 506 g/mol. The van der Waals surface area contributed by atoms with Crippen molar-refractivity contribution in [1.82, 2.24) is 4.90 Å². The molecule has 160 valence electrons. The Bertz CT molecular complexity index is 789. The summed E-state index contributed by atoms with van der Waals surface area (Å²) in [6, 6.07) is 3.73. The number of nitrogens with zero attached hydrogens (tertiary/aromatic N) is 1. The van der Waals surface area contributed by atoms with Gasteiger partial charge in [0.1, 0.15) is 5.60 Å². The van der Waals surface area contributed by atoms with E-state index in [2.05, 4.69) is 0 Å². The molecule has 1 aliphatic heterocycles. The van der Waals surface area contributed by atoms with Crippen LogP contribution in [0.2, 0.25) is 0 Å². The Morgan fingerprint density at radius 3 is 2.21 bits per heavy atom. The molecule has 1 aliphatic rings. The minimum absolute atomic E-state index is 0.00984. The summed E-state index contributed by atoms with van der Waals surface area (Å²) in [7, 11) is 0. The van der Waals surface area contributed by atoms with E-state index < -0.39 is 47.1 Å². The van der Waals surface area contributed by atoms with Gasteiger partial charge >= 0.3 is 18.2 Å². The van der Waals surface area contributed by atoms with E-state index in [4.69, 9.17) is 7.80 Å². The average Bonchev–Trinajstić information content (AvgIpc) is 3.04. The third kappa shape index (κ3) is 5.40. The zero-order chi connectivity index (χ0) is 22.0. The van der Waals surface area contributed by atoms with Gasteiger partial charge < -0.3 is 7.80 Å². The number of hydrogen-bond donors (Lipinski definition) is 0. The average molecular weight is 527 g/mol. The van der Waals surface area contributed by atoms with Crippen LogP contribution in [0.5, 0.6) is 0 Å². The van der Waals surface area contributed by atoms with Crippen molar-refractivity contribution in [1.29, 1.82) is 0 Å². The molecule has 2 rings (SSSR count). The van der Waals surface area contributed by atoms with Crippen molar-refractivity contribution in [2.75, 3.05) is 6.54 Å². The first-order chi connectivity index (χ1) is 13.3. The molecule has 1 saturated heterocycles. The molecule has 6 nitrogen and oxygen atoms in total. The summed E-state index contributed by atoms with van der Waals surface area (Å²) in [5.41, 5.74) is -3.30. The topological polar surface area (TPSA) is 72.9 Å². The minimum Gasteiger partial charge on any atom is -0.458 e. The van der Waals surface area contributed by atoms with Crippen LogP contribution in [0.1, 0.15) is 56.0 Å². The van der Waals surface area contributed by atoms with Crippen molar-refractivity contribution < 1.29 is 35.4 Å². The lowest BCUT2D eigenvalue weighted by Gasteiger charge is -2.36. The van der Waals surface area contributed by atoms with E-state index in [1.807, 2.05) is 0 Å². The Labute approximate surface area is 180 Å². The van der Waals surface area contributed by atoms with Crippen LogP contribution in [-0.4, -0.2) is 40.4 Å². The fourth-order valence-electron chi connectivity index (χ4n) is 3.24. The molecule has 1 heterocycles. The highest BCUT2D eigenvalue weighted by atomic mass is 127. The lowest BCUT2D eigenvalue weighted by atomic mass is 9.87. The number of esters is 1. The second-order valence-corrected chi connectivity index (χ2v) is 8.25. The van der Waals surface area contributed by atoms with E-state index >= 15 is 0 Å². The van der Waals surface area contributed by atoms with E-state index in [1.165, 1.54) is 23.0 Å². The van der Waals surface area contributed by atoms with Crippen LogP contribution in [0, 0.1) is 0 Å². The number of carbonyl (C=O) groups excluding carboxylic acids is 3. The van der Waals surface area contributed by atoms with Crippen LogP contribution < -0.4 is 0 Å². The van der Waals surface area contributed by atoms with Crippen LogP contribution in [0.15, 0.2) is 24.3 Å². The number of carbonyl (C=O) groups is 3. The summed E-state index contributed by atoms with van der Waals surface area (Å²) in [5, 5.41) is 0. The lowest BCUT2D eigenvalue weighted by Crippen LogP contribution is -2.56. The normalized spacial score (nSPS) is 19.8. The first kappa shape index (κ1) is 23.4. The fraction of sp³-hybridized carbons (Fsp3) is 0.526. The Morgan fingerprint density at radius 2 is 1.72 bits per heavy atom. The van der Waals surface area contributed by atoms with Gasteiger partial charge in [0.05, 0.1) is 5.56 Å². The largest absolute Gasteiger partial charge is 0.458 e. The van der Waals surface area contributed by atoms with Gasteiger partial charge in [-0.05, 0) is 45.7 Å². The summed E-state index contributed by atoms with van der Waals surface area (Å²) < 4.78 is 48.4. The van der Waals surface area contributed by atoms with Crippen LogP contribution in [0.3, 0.4) is 0 Å². The van der Waals surface area contributed by atoms with Crippen LogP contribution in [0.25, 0.3) is 0 Å². The predicted molar refractivity (Wildman–Crippen MR) is 105 cm³/mol. The molecule has 0 saturated carbocycles. The van der Waals surface area contributed by atoms with Gasteiger partial charge in [0.25, 0.3) is 0 Å². The molecule has 10 heteroatoms. The first-order valence-corrected chi connectivity index (χ1v) is 9.72. The number of halogens is 4. The number of ether oxygens (including phenoxy) is 1. The van der Waals surface area contributed by atoms with Gasteiger partial charge in [-0.25, -0.2) is 9.59 Å². The van der Waals surface area contributed by atoms with Crippen molar-refractivity contribution in [3.63, 3.8) is 0 Å². The van der Waals surface area contributed by atoms with Gasteiger partial charge in [-0.15, -0.1) is 0 Å². The Hall–Kier alpha value is -1.85. The molecule has 1 amide bonds. The number of Topliss-reactive ketones (excluding diaryl/α,β-unsaturated/α-hetero) is 1. The molecule has 0 spiro atoms. The Morgan fingerprint density at radius 1 is 1.14 bits per heavy atom. The predicted octanol–water partition coefficient (Wildman–Crippen LogP) is 4.94. The zero-order valence-corrected chi connectivity index (χ0v) is 18.3. The molecule has 1 aromatic rings. The highest BCUT2D eigenvalue weighted by Crippen LogP contribution is 2.37. The number of likely N-dealkylation sites (tertiary alicyclic amines) is 1. The van der Waals surface area contributed by atoms with E-state index in [9.17, 15) is 27.6 Å². The smallest absolute Gasteiger partial charge is 0.420 e. The molecule has 1 unspecified atom stereocenters. The molecule has 0 radical (unpaired) electrons. The maximum atomic E-state index is 13.0. The molecule has 0 aromatic heterocycles. The van der Waals surface area contributed by atoms with Crippen molar-refractivity contribution >= 4 is 40.9 Å². The van der Waals surface area contributed by atoms with Crippen molar-refractivity contribution in [2.24, 2.45) is 0 Å². The van der Waals surface area contributed by atoms with Gasteiger partial charge in [0.15, 0.2) is 34.3 Å². The molecule has 1 aromatic carbocycles. The second-order valence-electron chi connectivity index (χ2n) is 7.81. The molecular formula is C19H21F3INO5. The molecule has 0 aliphatic carbocycles. The number of hydrogen-bond acceptors (Lipinski definition) is 5. The molecule has 29 heavy (non-hydrogen) atoms. The molecule has 1 fully saturated rings. The highest BCUT2D eigenvalue weighted by Gasteiger charge is 2.53. The quantitative estimate of drug-likeness (QED) is 0.315. The number of benzene rings is 1. The SMILES string of the molecule is CC(C)(C)OC(=O)C1(CC(=O)c2ccc(C(F)(F)F)cc2)CCCN1C(=O)OI. The third-order valence-electron chi connectivity index (χ3n) is 4.54. The standard InChI is InChI=1S/C19H21F3INO5/c1-17(2,3)28-15(26)18(9-4-10-24(18)16(27)29-23)11-14(25)12-5-7-13(8-6-12)19(20,21)22/h5-8H,4,9-11H2,1-3H3. The van der Waals surface area contributed by atoms with E-state index in [0.717, 1.165) is 29.2 Å². The first-order valence-electron chi connectivity index (χ1n) is 8.84. The maximum Gasteiger partial charge on any atom is 0.420 e. The van der Waals surface area contributed by atoms with Gasteiger partial charge in [0.2, 0.25) is 0 Å². The number of ketones is 1. The van der Waals surface area contributed by atoms with E-state index in [-0.39, 0.29) is 18.5 Å². The van der Waals surface area contributed by atoms with Crippen molar-refractivity contribution in [3.8, 4) is 0 Å². The maximum absolute atomic E-state index is 13.0. The molecule has 0 N–H and O–H groups in total. The van der Waals surface area contributed by atoms with Gasteiger partial charge in [-0.1, -0.05) is 12.1 Å². The lowest BCUT2D eigenvalue weighted by molar-refractivity contribution is -0.167. The number of amides is 1. The van der Waals surface area contributed by atoms with Crippen LogP contribution in [-0.2, 0) is 18.8 Å². The Kier molecular flexibility index (Phi) is 6.86. The monoisotopic (exact) mass is 527 g/mol. The summed E-state index contributed by atoms with van der Waals surface area (Å²) >= 11 is 1.39. The van der Waals surface area contributed by atoms with E-state index in [1.54, 1.807) is 20.8 Å². The summed E-state index contributed by atoms with van der Waals surface area (Å²) in [5.74, 6) is -1.32. The van der Waals surface area contributed by atoms with Crippen molar-refractivity contribution in [3.05, 3.63) is 35.4 Å². The second kappa shape index (κ2) is 8.49. The van der Waals surface area contributed by atoms with Crippen LogP contribution >= 0.6 is 23.0 Å². The highest BCUT2D eigenvalue weighted by molar-refractivity contribution is 14.1. The number of alkyl halides is 3. The summed E-state index contributed by atoms with van der Waals surface area (Å²) in [6.45, 7) is 5.17. The molecule has 0 bridgehead atoms. The fourth-order valence-corrected chi connectivity index (χ4v) is 3.48. The Balaban J connectivity index is 2.36. The summed E-state index contributed by atoms with van der Waals surface area (Å²) in [4.78, 5) is 39.2. The van der Waals surface area contributed by atoms with Crippen LogP contribution in [0.4, 0.5) is 18.0 Å². The number of rotatable bonds is 4. The molecule has 1 atom stereocenters. The van der Waals surface area contributed by atoms with Gasteiger partial charge in [-0.3, -0.25) is 9.69 Å². The summed E-state index contributed by atoms with van der Waals surface area (Å²) in [6.07, 6.45) is -5.09. The minimum atomic E-state index is -4.52. The van der Waals surface area contributed by atoms with Gasteiger partial charge in [-0.2, -0.15) is 13.2 Å². The van der Waals surface area contributed by atoms with Crippen molar-refractivity contribution in [2.45, 2.75) is 57.3 Å². The van der Waals surface area contributed by atoms with E-state index in [0.29, 0.717) is 6.42 Å². The zero-order valence-electron chi connectivity index (χ0n) is 16.1. The third-order valence-corrected chi connectivity index (χ3v) is 4.92. The van der Waals surface area contributed by atoms with Gasteiger partial charge in [0, 0.05) is 18.5 Å².